The van der Waals surface area contributed by atoms with Crippen molar-refractivity contribution in [3.63, 3.8) is 0 Å². The van der Waals surface area contributed by atoms with Crippen LogP contribution < -0.4 is 5.73 Å². The first kappa shape index (κ1) is 13.3. The van der Waals surface area contributed by atoms with Crippen LogP contribution in [0.25, 0.3) is 0 Å². The first-order chi connectivity index (χ1) is 8.89. The van der Waals surface area contributed by atoms with Gasteiger partial charge in [-0.25, -0.2) is 0 Å². The van der Waals surface area contributed by atoms with Gasteiger partial charge in [0.2, 0.25) is 5.91 Å². The minimum absolute atomic E-state index is 0.00278. The maximum Gasteiger partial charge on any atom is 0.243 e. The van der Waals surface area contributed by atoms with Gasteiger partial charge in [0.15, 0.2) is 0 Å². The molecule has 3 N–H and O–H groups in total. The first-order valence-electron chi connectivity index (χ1n) is 7.27. The zero-order valence-electron chi connectivity index (χ0n) is 11.8. The number of carbonyl (C=O) groups excluding carboxylic acids is 1. The number of piperidine rings is 1. The maximum atomic E-state index is 12.8. The molecule has 0 aromatic rings. The minimum atomic E-state index is -0.828. The summed E-state index contributed by atoms with van der Waals surface area (Å²) < 4.78 is 5.72. The Hall–Kier alpha value is -0.650. The van der Waals surface area contributed by atoms with Gasteiger partial charge in [0.25, 0.3) is 0 Å². The third-order valence-electron chi connectivity index (χ3n) is 5.49. The van der Waals surface area contributed by atoms with Crippen molar-refractivity contribution in [3.05, 3.63) is 0 Å². The molecule has 3 rings (SSSR count). The van der Waals surface area contributed by atoms with Gasteiger partial charge in [0.1, 0.15) is 5.54 Å². The molecule has 1 aliphatic carbocycles. The van der Waals surface area contributed by atoms with Gasteiger partial charge >= 0.3 is 0 Å². The average Bonchev–Trinajstić information content (AvgIpc) is 2.85. The second-order valence-corrected chi connectivity index (χ2v) is 6.82. The highest BCUT2D eigenvalue weighted by Crippen LogP contribution is 2.58. The lowest BCUT2D eigenvalue weighted by atomic mass is 9.47. The molecule has 0 bridgehead atoms. The SMILES string of the molecule is CC1(C)C2OCCC2C1(N)C(=O)N1CCCC(O)C1. The number of rotatable bonds is 1. The van der Waals surface area contributed by atoms with Gasteiger partial charge in [0, 0.05) is 31.0 Å². The van der Waals surface area contributed by atoms with Crippen LogP contribution in [0.2, 0.25) is 0 Å². The molecule has 0 aromatic heterocycles. The number of hydrogen-bond acceptors (Lipinski definition) is 4. The maximum absolute atomic E-state index is 12.8. The summed E-state index contributed by atoms with van der Waals surface area (Å²) >= 11 is 0. The van der Waals surface area contributed by atoms with Crippen molar-refractivity contribution in [2.24, 2.45) is 17.1 Å². The number of fused-ring (bicyclic) bond motifs is 1. The van der Waals surface area contributed by atoms with Gasteiger partial charge < -0.3 is 20.5 Å². The quantitative estimate of drug-likeness (QED) is 0.708. The van der Waals surface area contributed by atoms with E-state index in [4.69, 9.17) is 10.5 Å². The van der Waals surface area contributed by atoms with Crippen LogP contribution in [0.4, 0.5) is 0 Å². The van der Waals surface area contributed by atoms with Crippen LogP contribution in [0.15, 0.2) is 0 Å². The van der Waals surface area contributed by atoms with Crippen molar-refractivity contribution < 1.29 is 14.6 Å². The molecular weight excluding hydrogens is 244 g/mol. The second kappa shape index (κ2) is 4.17. The number of β-amino-alcohol motifs (C(OH)–C–C–N with tert-alkyl or cyclic N) is 1. The van der Waals surface area contributed by atoms with Crippen LogP contribution in [0.3, 0.4) is 0 Å². The standard InChI is InChI=1S/C14H24N2O3/c1-13(2)11-10(5-7-19-11)14(13,15)12(18)16-6-3-4-9(17)8-16/h9-11,17H,3-8,15H2,1-2H3. The van der Waals surface area contributed by atoms with E-state index in [1.54, 1.807) is 4.90 Å². The smallest absolute Gasteiger partial charge is 0.243 e. The second-order valence-electron chi connectivity index (χ2n) is 6.82. The fourth-order valence-corrected chi connectivity index (χ4v) is 4.22. The van der Waals surface area contributed by atoms with E-state index in [0.29, 0.717) is 19.7 Å². The molecule has 1 saturated carbocycles. The van der Waals surface area contributed by atoms with Gasteiger partial charge in [-0.15, -0.1) is 0 Å². The number of ether oxygens (including phenoxy) is 1. The van der Waals surface area contributed by atoms with Crippen LogP contribution in [0, 0.1) is 11.3 Å². The van der Waals surface area contributed by atoms with Gasteiger partial charge in [-0.2, -0.15) is 0 Å². The summed E-state index contributed by atoms with van der Waals surface area (Å²) in [4.78, 5) is 14.6. The monoisotopic (exact) mass is 268 g/mol. The summed E-state index contributed by atoms with van der Waals surface area (Å²) in [5, 5.41) is 9.74. The molecule has 19 heavy (non-hydrogen) atoms. The minimum Gasteiger partial charge on any atom is -0.391 e. The number of amides is 1. The molecule has 2 heterocycles. The third kappa shape index (κ3) is 1.61. The molecule has 2 saturated heterocycles. The highest BCUT2D eigenvalue weighted by molar-refractivity contribution is 5.89. The Bertz CT molecular complexity index is 398. The Balaban J connectivity index is 1.82. The number of carbonyl (C=O) groups is 1. The van der Waals surface area contributed by atoms with Gasteiger partial charge in [0.05, 0.1) is 12.2 Å². The van der Waals surface area contributed by atoms with Crippen molar-refractivity contribution in [3.8, 4) is 0 Å². The highest BCUT2D eigenvalue weighted by atomic mass is 16.5. The number of likely N-dealkylation sites (tertiary alicyclic amines) is 1. The van der Waals surface area contributed by atoms with Crippen LogP contribution in [0.5, 0.6) is 0 Å². The fraction of sp³-hybridized carbons (Fsp3) is 0.929. The van der Waals surface area contributed by atoms with Crippen LogP contribution in [-0.4, -0.2) is 53.4 Å². The van der Waals surface area contributed by atoms with Gasteiger partial charge in [-0.1, -0.05) is 13.8 Å². The molecule has 4 atom stereocenters. The Morgan fingerprint density at radius 2 is 2.16 bits per heavy atom. The molecule has 4 unspecified atom stereocenters. The van der Waals surface area contributed by atoms with Gasteiger partial charge in [-0.3, -0.25) is 4.79 Å². The zero-order valence-corrected chi connectivity index (χ0v) is 11.8. The number of hydrogen-bond donors (Lipinski definition) is 2. The third-order valence-corrected chi connectivity index (χ3v) is 5.49. The number of aliphatic hydroxyl groups excluding tert-OH is 1. The normalized spacial score (nSPS) is 44.6. The van der Waals surface area contributed by atoms with E-state index in [0.717, 1.165) is 19.3 Å². The summed E-state index contributed by atoms with van der Waals surface area (Å²) in [7, 11) is 0. The zero-order chi connectivity index (χ0) is 13.8. The van der Waals surface area contributed by atoms with Crippen molar-refractivity contribution in [1.82, 2.24) is 4.90 Å². The molecule has 3 aliphatic rings. The van der Waals surface area contributed by atoms with Crippen LogP contribution >= 0.6 is 0 Å². The summed E-state index contributed by atoms with van der Waals surface area (Å²) in [5.74, 6) is 0.136. The van der Waals surface area contributed by atoms with E-state index < -0.39 is 11.6 Å². The lowest BCUT2D eigenvalue weighted by Crippen LogP contribution is -2.80. The molecule has 3 fully saturated rings. The Kier molecular flexibility index (Phi) is 2.93. The van der Waals surface area contributed by atoms with Crippen molar-refractivity contribution in [1.29, 1.82) is 0 Å². The van der Waals surface area contributed by atoms with Crippen molar-refractivity contribution in [2.75, 3.05) is 19.7 Å². The largest absolute Gasteiger partial charge is 0.391 e. The number of nitrogens with zero attached hydrogens (tertiary/aromatic N) is 1. The molecule has 2 aliphatic heterocycles. The predicted octanol–water partition coefficient (Wildman–Crippen LogP) is 0.112. The molecule has 108 valence electrons. The Labute approximate surface area is 114 Å². The summed E-state index contributed by atoms with van der Waals surface area (Å²) in [6.07, 6.45) is 2.21. The van der Waals surface area contributed by atoms with E-state index in [1.807, 2.05) is 13.8 Å². The number of nitrogens with two attached hydrogens (primary N) is 1. The molecule has 0 radical (unpaired) electrons. The summed E-state index contributed by atoms with van der Waals surface area (Å²) in [6, 6.07) is 0. The topological polar surface area (TPSA) is 75.8 Å². The molecule has 5 nitrogen and oxygen atoms in total. The lowest BCUT2D eigenvalue weighted by molar-refractivity contribution is -0.186. The lowest BCUT2D eigenvalue weighted by Gasteiger charge is -2.61. The highest BCUT2D eigenvalue weighted by Gasteiger charge is 2.71. The molecule has 0 spiro atoms. The van der Waals surface area contributed by atoms with Crippen molar-refractivity contribution >= 4 is 5.91 Å². The molecule has 5 heteroatoms. The summed E-state index contributed by atoms with van der Waals surface area (Å²) in [5.41, 5.74) is 5.38. The van der Waals surface area contributed by atoms with Gasteiger partial charge in [-0.05, 0) is 19.3 Å². The Morgan fingerprint density at radius 3 is 2.84 bits per heavy atom. The van der Waals surface area contributed by atoms with E-state index >= 15 is 0 Å². The fourth-order valence-electron chi connectivity index (χ4n) is 4.22. The van der Waals surface area contributed by atoms with Crippen LogP contribution in [0.1, 0.15) is 33.1 Å². The van der Waals surface area contributed by atoms with Crippen molar-refractivity contribution in [2.45, 2.75) is 50.9 Å². The molecular formula is C14H24N2O3. The Morgan fingerprint density at radius 1 is 1.42 bits per heavy atom. The molecule has 0 aromatic carbocycles. The molecule has 1 amide bonds. The average molecular weight is 268 g/mol. The van der Waals surface area contributed by atoms with Crippen LogP contribution in [-0.2, 0) is 9.53 Å². The van der Waals surface area contributed by atoms with E-state index in [2.05, 4.69) is 0 Å². The summed E-state index contributed by atoms with van der Waals surface area (Å²) in [6.45, 7) is 5.89. The van der Waals surface area contributed by atoms with E-state index in [1.165, 1.54) is 0 Å². The van der Waals surface area contributed by atoms with E-state index in [9.17, 15) is 9.90 Å². The first-order valence-corrected chi connectivity index (χ1v) is 7.27. The van der Waals surface area contributed by atoms with E-state index in [-0.39, 0.29) is 23.3 Å². The predicted molar refractivity (Wildman–Crippen MR) is 70.4 cm³/mol. The number of aliphatic hydroxyl groups is 1.